The molecule has 1 rings (SSSR count). The highest BCUT2D eigenvalue weighted by molar-refractivity contribution is 5.76. The molecule has 1 amide bonds. The lowest BCUT2D eigenvalue weighted by atomic mass is 9.99. The lowest BCUT2D eigenvalue weighted by molar-refractivity contribution is -0.302. The molecule has 0 aromatic rings. The third-order valence-corrected chi connectivity index (χ3v) is 13.9. The van der Waals surface area contributed by atoms with Crippen LogP contribution in [-0.4, -0.2) is 87.5 Å². The Labute approximate surface area is 424 Å². The van der Waals surface area contributed by atoms with E-state index in [4.69, 9.17) is 9.47 Å². The molecule has 0 radical (unpaired) electrons. The maximum Gasteiger partial charge on any atom is 0.220 e. The van der Waals surface area contributed by atoms with E-state index in [9.17, 15) is 30.3 Å². The molecule has 1 heterocycles. The van der Waals surface area contributed by atoms with E-state index in [0.29, 0.717) is 6.42 Å². The van der Waals surface area contributed by atoms with Crippen LogP contribution in [0.15, 0.2) is 48.6 Å². The number of aliphatic hydroxyl groups is 5. The smallest absolute Gasteiger partial charge is 0.220 e. The van der Waals surface area contributed by atoms with Gasteiger partial charge in [-0.15, -0.1) is 0 Å². The molecule has 0 aliphatic carbocycles. The third kappa shape index (κ3) is 39.4. The number of rotatable bonds is 50. The molecule has 0 aromatic carbocycles. The minimum absolute atomic E-state index is 0.188. The molecule has 0 bridgehead atoms. The molecule has 1 fully saturated rings. The Morgan fingerprint density at radius 3 is 1.22 bits per heavy atom. The minimum atomic E-state index is -1.57. The Balaban J connectivity index is 2.23. The quantitative estimate of drug-likeness (QED) is 0.0261. The largest absolute Gasteiger partial charge is 0.394 e. The first-order valence-corrected chi connectivity index (χ1v) is 29.4. The Morgan fingerprint density at radius 1 is 0.478 bits per heavy atom. The first-order chi connectivity index (χ1) is 33.8. The summed E-state index contributed by atoms with van der Waals surface area (Å²) in [5.41, 5.74) is 0. The summed E-state index contributed by atoms with van der Waals surface area (Å²) in [7, 11) is 0. The fourth-order valence-corrected chi connectivity index (χ4v) is 9.18. The van der Waals surface area contributed by atoms with E-state index < -0.39 is 49.5 Å². The van der Waals surface area contributed by atoms with Gasteiger partial charge >= 0.3 is 0 Å². The normalized spacial score (nSPS) is 19.8. The van der Waals surface area contributed by atoms with E-state index in [1.807, 2.05) is 6.08 Å². The average Bonchev–Trinajstić information content (AvgIpc) is 3.35. The van der Waals surface area contributed by atoms with Crippen molar-refractivity contribution >= 4 is 5.91 Å². The van der Waals surface area contributed by atoms with Crippen molar-refractivity contribution in [1.82, 2.24) is 5.32 Å². The summed E-state index contributed by atoms with van der Waals surface area (Å²) in [6.45, 7) is 3.78. The van der Waals surface area contributed by atoms with Gasteiger partial charge in [0.05, 0.1) is 25.4 Å². The molecular weight excluding hydrogens is 863 g/mol. The van der Waals surface area contributed by atoms with E-state index in [1.54, 1.807) is 6.08 Å². The van der Waals surface area contributed by atoms with E-state index in [2.05, 4.69) is 55.6 Å². The average molecular weight is 975 g/mol. The van der Waals surface area contributed by atoms with Crippen LogP contribution < -0.4 is 5.32 Å². The van der Waals surface area contributed by atoms with Crippen LogP contribution in [0.2, 0.25) is 0 Å². The van der Waals surface area contributed by atoms with Crippen LogP contribution in [-0.2, 0) is 14.3 Å². The fraction of sp³-hybridized carbons (Fsp3) is 0.850. The fourth-order valence-electron chi connectivity index (χ4n) is 9.18. The molecule has 6 N–H and O–H groups in total. The minimum Gasteiger partial charge on any atom is -0.394 e. The van der Waals surface area contributed by atoms with E-state index in [-0.39, 0.29) is 12.5 Å². The molecule has 9 nitrogen and oxygen atoms in total. The molecule has 1 saturated heterocycles. The maximum atomic E-state index is 13.1. The number of carbonyl (C=O) groups is 1. The standard InChI is InChI=1S/C60H111NO8/c1-3-5-7-9-11-13-15-17-19-21-23-24-25-26-27-28-29-30-32-34-36-38-40-42-44-46-48-50-56(64)61-53(52-68-60-59(67)58(66)57(65)55(51-62)69-60)54(63)49-47-45-43-41-39-37-35-33-31-22-20-18-16-14-12-10-8-6-4-2/h21,23,31,33,39,41,47,49,53-55,57-60,62-63,65-67H,3-20,22,24-30,32,34-38,40,42-46,48,50-52H2,1-2H3,(H,61,64)/b23-21-,33-31+,41-39+,49-47+. The van der Waals surface area contributed by atoms with Gasteiger partial charge < -0.3 is 40.3 Å². The Kier molecular flexibility index (Phi) is 47.0. The van der Waals surface area contributed by atoms with Crippen LogP contribution >= 0.6 is 0 Å². The number of nitrogens with one attached hydrogen (secondary N) is 1. The molecular formula is C60H111NO8. The summed E-state index contributed by atoms with van der Waals surface area (Å²) in [6, 6.07) is -0.828. The van der Waals surface area contributed by atoms with E-state index >= 15 is 0 Å². The Morgan fingerprint density at radius 2 is 0.826 bits per heavy atom. The summed E-state index contributed by atoms with van der Waals surface area (Å²) in [4.78, 5) is 13.1. The first-order valence-electron chi connectivity index (χ1n) is 29.4. The summed E-state index contributed by atoms with van der Waals surface area (Å²) in [5.74, 6) is -0.188. The number of allylic oxidation sites excluding steroid dienone is 7. The predicted molar refractivity (Wildman–Crippen MR) is 290 cm³/mol. The van der Waals surface area contributed by atoms with Gasteiger partial charge in [0.15, 0.2) is 6.29 Å². The highest BCUT2D eigenvalue weighted by Gasteiger charge is 2.44. The molecule has 0 spiro atoms. The maximum absolute atomic E-state index is 13.1. The molecule has 7 atom stereocenters. The van der Waals surface area contributed by atoms with Gasteiger partial charge in [0.2, 0.25) is 5.91 Å². The summed E-state index contributed by atoms with van der Waals surface area (Å²) in [5, 5.41) is 54.5. The zero-order chi connectivity index (χ0) is 50.1. The summed E-state index contributed by atoms with van der Waals surface area (Å²) in [6.07, 6.45) is 59.0. The zero-order valence-corrected chi connectivity index (χ0v) is 44.8. The van der Waals surface area contributed by atoms with Crippen LogP contribution in [0.5, 0.6) is 0 Å². The van der Waals surface area contributed by atoms with Crippen molar-refractivity contribution in [2.75, 3.05) is 13.2 Å². The van der Waals surface area contributed by atoms with Crippen LogP contribution in [0, 0.1) is 0 Å². The van der Waals surface area contributed by atoms with Crippen molar-refractivity contribution in [2.24, 2.45) is 0 Å². The van der Waals surface area contributed by atoms with Gasteiger partial charge in [0.1, 0.15) is 24.4 Å². The predicted octanol–water partition coefficient (Wildman–Crippen LogP) is 14.5. The number of hydrogen-bond donors (Lipinski definition) is 6. The summed E-state index contributed by atoms with van der Waals surface area (Å²) >= 11 is 0. The second-order valence-electron chi connectivity index (χ2n) is 20.4. The number of aliphatic hydroxyl groups excluding tert-OH is 5. The van der Waals surface area contributed by atoms with Crippen molar-refractivity contribution in [1.29, 1.82) is 0 Å². The lowest BCUT2D eigenvalue weighted by Crippen LogP contribution is -2.60. The molecule has 0 saturated carbocycles. The number of hydrogen-bond acceptors (Lipinski definition) is 8. The van der Waals surface area contributed by atoms with Crippen molar-refractivity contribution in [3.05, 3.63) is 48.6 Å². The highest BCUT2D eigenvalue weighted by atomic mass is 16.7. The number of carbonyl (C=O) groups excluding carboxylic acids is 1. The van der Waals surface area contributed by atoms with Crippen molar-refractivity contribution in [3.8, 4) is 0 Å². The van der Waals surface area contributed by atoms with Gasteiger partial charge in [-0.25, -0.2) is 0 Å². The van der Waals surface area contributed by atoms with Gasteiger partial charge in [0.25, 0.3) is 0 Å². The molecule has 69 heavy (non-hydrogen) atoms. The lowest BCUT2D eigenvalue weighted by Gasteiger charge is -2.40. The molecule has 0 aromatic heterocycles. The zero-order valence-electron chi connectivity index (χ0n) is 44.8. The van der Waals surface area contributed by atoms with E-state index in [0.717, 1.165) is 44.9 Å². The molecule has 1 aliphatic rings. The van der Waals surface area contributed by atoms with Crippen LogP contribution in [0.1, 0.15) is 271 Å². The van der Waals surface area contributed by atoms with Crippen LogP contribution in [0.3, 0.4) is 0 Å². The Hall–Kier alpha value is -1.85. The van der Waals surface area contributed by atoms with Crippen molar-refractivity contribution < 1.29 is 39.8 Å². The van der Waals surface area contributed by atoms with Gasteiger partial charge in [-0.3, -0.25) is 4.79 Å². The summed E-state index contributed by atoms with van der Waals surface area (Å²) < 4.78 is 11.3. The molecule has 7 unspecified atom stereocenters. The SMILES string of the molecule is CCCCCCCCCC/C=C\CCCCCCCCCCCCCCCCCC(=O)NC(COC1OC(CO)C(O)C(O)C1O)C(O)/C=C/CC/C=C/CC/C=C/CCCCCCCCCCC. The second-order valence-corrected chi connectivity index (χ2v) is 20.4. The first kappa shape index (κ1) is 65.2. The number of amides is 1. The Bertz CT molecular complexity index is 1220. The third-order valence-electron chi connectivity index (χ3n) is 13.9. The second kappa shape index (κ2) is 49.7. The van der Waals surface area contributed by atoms with Crippen LogP contribution in [0.4, 0.5) is 0 Å². The topological polar surface area (TPSA) is 149 Å². The van der Waals surface area contributed by atoms with Gasteiger partial charge in [0, 0.05) is 6.42 Å². The highest BCUT2D eigenvalue weighted by Crippen LogP contribution is 2.23. The number of ether oxygens (including phenoxy) is 2. The van der Waals surface area contributed by atoms with Crippen molar-refractivity contribution in [2.45, 2.75) is 314 Å². The van der Waals surface area contributed by atoms with Crippen molar-refractivity contribution in [3.63, 3.8) is 0 Å². The molecule has 404 valence electrons. The molecule has 9 heteroatoms. The van der Waals surface area contributed by atoms with E-state index in [1.165, 1.54) is 205 Å². The van der Waals surface area contributed by atoms with Gasteiger partial charge in [-0.1, -0.05) is 242 Å². The van der Waals surface area contributed by atoms with Gasteiger partial charge in [-0.2, -0.15) is 0 Å². The molecule has 1 aliphatic heterocycles. The number of unbranched alkanes of at least 4 members (excludes halogenated alkanes) is 34. The van der Waals surface area contributed by atoms with Gasteiger partial charge in [-0.05, 0) is 70.6 Å². The van der Waals surface area contributed by atoms with Crippen LogP contribution in [0.25, 0.3) is 0 Å². The monoisotopic (exact) mass is 974 g/mol.